The number of hydrogen-bond donors (Lipinski definition) is 2. The zero-order valence-electron chi connectivity index (χ0n) is 15.4. The molecule has 0 saturated heterocycles. The van der Waals surface area contributed by atoms with Gasteiger partial charge in [0.1, 0.15) is 24.2 Å². The topological polar surface area (TPSA) is 121 Å². The Morgan fingerprint density at radius 1 is 1.34 bits per heavy atom. The maximum atomic E-state index is 14.0. The van der Waals surface area contributed by atoms with Crippen LogP contribution in [-0.2, 0) is 11.3 Å². The van der Waals surface area contributed by atoms with Crippen LogP contribution < -0.4 is 16.6 Å². The molecule has 0 aliphatic rings. The van der Waals surface area contributed by atoms with E-state index in [-0.39, 0.29) is 27.7 Å². The fraction of sp³-hybridized carbons (Fsp3) is 0.211. The fourth-order valence-electron chi connectivity index (χ4n) is 2.95. The molecule has 0 fully saturated rings. The zero-order valence-corrected chi connectivity index (χ0v) is 15.4. The lowest BCUT2D eigenvalue weighted by molar-refractivity contribution is -0.122. The maximum Gasteiger partial charge on any atom is 0.329 e. The van der Waals surface area contributed by atoms with E-state index in [0.717, 1.165) is 18.3 Å². The monoisotopic (exact) mass is 399 g/mol. The lowest BCUT2D eigenvalue weighted by Crippen LogP contribution is -2.41. The van der Waals surface area contributed by atoms with Crippen LogP contribution in [0.2, 0.25) is 0 Å². The molecule has 0 aliphatic heterocycles. The number of rotatable bonds is 4. The molecule has 1 atom stereocenters. The van der Waals surface area contributed by atoms with Gasteiger partial charge in [0.15, 0.2) is 0 Å². The molecule has 2 heterocycles. The van der Waals surface area contributed by atoms with Crippen LogP contribution >= 0.6 is 0 Å². The molecule has 1 aromatic carbocycles. The Morgan fingerprint density at radius 3 is 2.72 bits per heavy atom. The third kappa shape index (κ3) is 3.75. The van der Waals surface area contributed by atoms with Gasteiger partial charge in [-0.05, 0) is 37.6 Å². The molecule has 0 radical (unpaired) electrons. The molecule has 148 valence electrons. The first-order chi connectivity index (χ1) is 13.7. The largest absolute Gasteiger partial charge is 0.346 e. The second-order valence-electron chi connectivity index (χ2n) is 6.41. The van der Waals surface area contributed by atoms with Crippen LogP contribution in [0.4, 0.5) is 8.78 Å². The average Bonchev–Trinajstić information content (AvgIpc) is 2.67. The Morgan fingerprint density at radius 2 is 2.07 bits per heavy atom. The summed E-state index contributed by atoms with van der Waals surface area (Å²) in [5, 5.41) is 11.2. The molecule has 0 bridgehead atoms. The molecule has 3 aromatic rings. The lowest BCUT2D eigenvalue weighted by atomic mass is 10.1. The van der Waals surface area contributed by atoms with Crippen molar-refractivity contribution < 1.29 is 13.6 Å². The summed E-state index contributed by atoms with van der Waals surface area (Å²) in [6.45, 7) is 2.20. The van der Waals surface area contributed by atoms with E-state index < -0.39 is 41.4 Å². The van der Waals surface area contributed by atoms with Gasteiger partial charge in [0.25, 0.3) is 5.56 Å². The number of hydrogen-bond acceptors (Lipinski definition) is 5. The summed E-state index contributed by atoms with van der Waals surface area (Å²) in [7, 11) is 0. The molecule has 0 aliphatic carbocycles. The van der Waals surface area contributed by atoms with Crippen LogP contribution in [0.25, 0.3) is 10.9 Å². The minimum atomic E-state index is -0.885. The highest BCUT2D eigenvalue weighted by atomic mass is 19.1. The average molecular weight is 399 g/mol. The number of H-pyrrole nitrogens is 1. The van der Waals surface area contributed by atoms with Gasteiger partial charge in [-0.1, -0.05) is 0 Å². The van der Waals surface area contributed by atoms with Crippen LogP contribution in [0, 0.1) is 29.9 Å². The Labute approximate surface area is 162 Å². The molecule has 1 amide bonds. The molecule has 29 heavy (non-hydrogen) atoms. The summed E-state index contributed by atoms with van der Waals surface area (Å²) in [4.78, 5) is 43.4. The van der Waals surface area contributed by atoms with E-state index >= 15 is 0 Å². The number of halogens is 2. The first-order valence-corrected chi connectivity index (χ1v) is 8.49. The third-order valence-corrected chi connectivity index (χ3v) is 4.43. The summed E-state index contributed by atoms with van der Waals surface area (Å²) >= 11 is 0. The van der Waals surface area contributed by atoms with Gasteiger partial charge in [-0.25, -0.2) is 13.6 Å². The Balaban J connectivity index is 1.89. The predicted octanol–water partition coefficient (Wildman–Crippen LogP) is 1.42. The Hall–Kier alpha value is -3.87. The summed E-state index contributed by atoms with van der Waals surface area (Å²) in [6, 6.07) is 4.25. The Kier molecular flexibility index (Phi) is 5.23. The summed E-state index contributed by atoms with van der Waals surface area (Å²) in [5.41, 5.74) is -1.51. The molecular formula is C19H15F2N5O3. The van der Waals surface area contributed by atoms with Crippen molar-refractivity contribution in [2.45, 2.75) is 26.4 Å². The van der Waals surface area contributed by atoms with Gasteiger partial charge in [0.2, 0.25) is 5.91 Å². The van der Waals surface area contributed by atoms with E-state index in [4.69, 9.17) is 5.26 Å². The number of aromatic nitrogens is 3. The number of fused-ring (bicyclic) bond motifs is 1. The molecule has 2 aromatic heterocycles. The van der Waals surface area contributed by atoms with E-state index in [1.165, 1.54) is 19.9 Å². The zero-order chi connectivity index (χ0) is 21.3. The molecule has 3 rings (SSSR count). The number of aromatic amines is 1. The van der Waals surface area contributed by atoms with Crippen molar-refractivity contribution in [1.82, 2.24) is 19.9 Å². The SMILES string of the molecule is Cc1c(F)ccc2[nH]c(=O)n(CC(=O)N[C@H](C)c3ncc(C#N)cc3F)c(=O)c12. The van der Waals surface area contributed by atoms with Crippen molar-refractivity contribution in [3.8, 4) is 6.07 Å². The fourth-order valence-corrected chi connectivity index (χ4v) is 2.95. The first kappa shape index (κ1) is 19.9. The normalized spacial score (nSPS) is 11.8. The molecule has 10 heteroatoms. The number of pyridine rings is 1. The van der Waals surface area contributed by atoms with Gasteiger partial charge >= 0.3 is 5.69 Å². The van der Waals surface area contributed by atoms with Gasteiger partial charge in [-0.3, -0.25) is 19.1 Å². The minimum absolute atomic E-state index is 0.0293. The second kappa shape index (κ2) is 7.63. The van der Waals surface area contributed by atoms with Gasteiger partial charge in [0, 0.05) is 6.20 Å². The Bertz CT molecular complexity index is 1290. The lowest BCUT2D eigenvalue weighted by Gasteiger charge is -2.15. The van der Waals surface area contributed by atoms with Crippen LogP contribution in [-0.4, -0.2) is 20.4 Å². The molecular weight excluding hydrogens is 384 g/mol. The van der Waals surface area contributed by atoms with Crippen LogP contribution in [0.15, 0.2) is 34.0 Å². The van der Waals surface area contributed by atoms with E-state index in [1.54, 1.807) is 6.07 Å². The number of amides is 1. The predicted molar refractivity (Wildman–Crippen MR) is 99.0 cm³/mol. The number of nitriles is 1. The second-order valence-corrected chi connectivity index (χ2v) is 6.41. The number of carbonyl (C=O) groups is 1. The van der Waals surface area contributed by atoms with Crippen LogP contribution in [0.5, 0.6) is 0 Å². The van der Waals surface area contributed by atoms with Gasteiger partial charge in [0.05, 0.1) is 28.2 Å². The standard InChI is InChI=1S/C19H15F2N5O3/c1-9-12(20)3-4-14-16(9)18(28)26(19(29)25-14)8-15(27)24-10(2)17-13(21)5-11(6-22)7-23-17/h3-5,7,10H,8H2,1-2H3,(H,24,27)(H,25,29)/t10-/m1/s1. The number of nitrogens with zero attached hydrogens (tertiary/aromatic N) is 3. The molecule has 8 nitrogen and oxygen atoms in total. The maximum absolute atomic E-state index is 14.0. The summed E-state index contributed by atoms with van der Waals surface area (Å²) in [5.74, 6) is -2.14. The minimum Gasteiger partial charge on any atom is -0.346 e. The molecule has 2 N–H and O–H groups in total. The van der Waals surface area contributed by atoms with Gasteiger partial charge in [-0.2, -0.15) is 5.26 Å². The highest BCUT2D eigenvalue weighted by molar-refractivity contribution is 5.82. The van der Waals surface area contributed by atoms with Gasteiger partial charge < -0.3 is 10.3 Å². The molecule has 0 unspecified atom stereocenters. The van der Waals surface area contributed by atoms with Crippen LogP contribution in [0.3, 0.4) is 0 Å². The van der Waals surface area contributed by atoms with Crippen molar-refractivity contribution in [3.05, 3.63) is 73.7 Å². The summed E-state index contributed by atoms with van der Waals surface area (Å²) in [6.07, 6.45) is 1.16. The highest BCUT2D eigenvalue weighted by Gasteiger charge is 2.18. The highest BCUT2D eigenvalue weighted by Crippen LogP contribution is 2.16. The number of benzene rings is 1. The number of nitrogens with one attached hydrogen (secondary N) is 2. The quantitative estimate of drug-likeness (QED) is 0.687. The smallest absolute Gasteiger partial charge is 0.329 e. The summed E-state index contributed by atoms with van der Waals surface area (Å²) < 4.78 is 28.5. The van der Waals surface area contributed by atoms with Crippen molar-refractivity contribution >= 4 is 16.8 Å². The van der Waals surface area contributed by atoms with Gasteiger partial charge in [-0.15, -0.1) is 0 Å². The number of aryl methyl sites for hydroxylation is 1. The van der Waals surface area contributed by atoms with E-state index in [1.807, 2.05) is 0 Å². The van der Waals surface area contributed by atoms with Crippen molar-refractivity contribution in [3.63, 3.8) is 0 Å². The van der Waals surface area contributed by atoms with E-state index in [0.29, 0.717) is 4.57 Å². The molecule has 0 spiro atoms. The van der Waals surface area contributed by atoms with E-state index in [9.17, 15) is 23.2 Å². The number of carbonyl (C=O) groups excluding carboxylic acids is 1. The molecule has 0 saturated carbocycles. The van der Waals surface area contributed by atoms with Crippen molar-refractivity contribution in [2.24, 2.45) is 0 Å². The third-order valence-electron chi connectivity index (χ3n) is 4.43. The van der Waals surface area contributed by atoms with Crippen molar-refractivity contribution in [2.75, 3.05) is 0 Å². The van der Waals surface area contributed by atoms with Crippen molar-refractivity contribution in [1.29, 1.82) is 5.26 Å². The van der Waals surface area contributed by atoms with Crippen LogP contribution in [0.1, 0.15) is 29.8 Å². The van der Waals surface area contributed by atoms with E-state index in [2.05, 4.69) is 15.3 Å². The first-order valence-electron chi connectivity index (χ1n) is 8.49.